The number of ether oxygens (including phenoxy) is 1. The van der Waals surface area contributed by atoms with Gasteiger partial charge in [0.05, 0.1) is 24.0 Å². The summed E-state index contributed by atoms with van der Waals surface area (Å²) in [6.07, 6.45) is 1.72. The molecule has 1 aromatic heterocycles. The Kier molecular flexibility index (Phi) is 4.62. The van der Waals surface area contributed by atoms with Crippen LogP contribution in [0.1, 0.15) is 27.7 Å². The molecule has 132 valence electrons. The third-order valence-electron chi connectivity index (χ3n) is 4.71. The van der Waals surface area contributed by atoms with Gasteiger partial charge in [0.1, 0.15) is 5.69 Å². The number of anilines is 2. The van der Waals surface area contributed by atoms with Gasteiger partial charge in [0.2, 0.25) is 5.88 Å². The molecule has 1 fully saturated rings. The van der Waals surface area contributed by atoms with Crippen molar-refractivity contribution < 1.29 is 14.0 Å². The summed E-state index contributed by atoms with van der Waals surface area (Å²) in [5, 5.41) is 0. The Balaban J connectivity index is 1.81. The minimum absolute atomic E-state index is 0.395. The quantitative estimate of drug-likeness (QED) is 0.644. The second-order valence-electron chi connectivity index (χ2n) is 7.03. The molecule has 0 saturated carbocycles. The van der Waals surface area contributed by atoms with E-state index in [9.17, 15) is 0 Å². The Labute approximate surface area is 149 Å². The smallest absolute Gasteiger partial charge is 0.479 e. The Bertz CT molecular complexity index is 722. The van der Waals surface area contributed by atoms with E-state index in [0.717, 1.165) is 11.2 Å². The van der Waals surface area contributed by atoms with Gasteiger partial charge in [0.25, 0.3) is 0 Å². The minimum atomic E-state index is -0.472. The minimum Gasteiger partial charge on any atom is -0.479 e. The van der Waals surface area contributed by atoms with Gasteiger partial charge in [-0.05, 0) is 45.9 Å². The van der Waals surface area contributed by atoms with E-state index in [1.165, 1.54) is 0 Å². The first-order valence-corrected chi connectivity index (χ1v) is 8.29. The monoisotopic (exact) mass is 341 g/mol. The van der Waals surface area contributed by atoms with Crippen molar-refractivity contribution in [3.05, 3.63) is 42.6 Å². The number of methoxy groups -OCH3 is 1. The van der Waals surface area contributed by atoms with Gasteiger partial charge < -0.3 is 19.5 Å². The molecule has 7 heteroatoms. The van der Waals surface area contributed by atoms with Crippen LogP contribution >= 0.6 is 0 Å². The zero-order chi connectivity index (χ0) is 18.1. The van der Waals surface area contributed by atoms with Gasteiger partial charge in [-0.3, -0.25) is 5.43 Å². The van der Waals surface area contributed by atoms with Crippen molar-refractivity contribution in [1.29, 1.82) is 0 Å². The van der Waals surface area contributed by atoms with Gasteiger partial charge >= 0.3 is 7.12 Å². The normalized spacial score (nSPS) is 18.0. The van der Waals surface area contributed by atoms with E-state index in [0.29, 0.717) is 11.6 Å². The van der Waals surface area contributed by atoms with Crippen LogP contribution in [0.2, 0.25) is 0 Å². The third kappa shape index (κ3) is 3.57. The van der Waals surface area contributed by atoms with Gasteiger partial charge in [0.15, 0.2) is 0 Å². The molecule has 1 saturated heterocycles. The summed E-state index contributed by atoms with van der Waals surface area (Å²) in [5.74, 6) is 0.490. The predicted octanol–water partition coefficient (Wildman–Crippen LogP) is 2.83. The van der Waals surface area contributed by atoms with Crippen LogP contribution in [0.4, 0.5) is 11.4 Å². The van der Waals surface area contributed by atoms with E-state index < -0.39 is 18.3 Å². The van der Waals surface area contributed by atoms with Gasteiger partial charge in [-0.1, -0.05) is 18.2 Å². The lowest BCUT2D eigenvalue weighted by molar-refractivity contribution is 0.00578. The molecule has 6 nitrogen and oxygen atoms in total. The molecule has 0 unspecified atom stereocenters. The highest BCUT2D eigenvalue weighted by atomic mass is 16.7. The molecular weight excluding hydrogens is 317 g/mol. The van der Waals surface area contributed by atoms with E-state index >= 15 is 0 Å². The average molecular weight is 341 g/mol. The van der Waals surface area contributed by atoms with Gasteiger partial charge in [-0.25, -0.2) is 4.98 Å². The van der Waals surface area contributed by atoms with E-state index in [1.54, 1.807) is 13.3 Å². The molecule has 0 bridgehead atoms. The predicted molar refractivity (Wildman–Crippen MR) is 100 cm³/mol. The number of hydrazine groups is 1. The second-order valence-corrected chi connectivity index (χ2v) is 7.03. The largest absolute Gasteiger partial charge is 0.496 e. The summed E-state index contributed by atoms with van der Waals surface area (Å²) < 4.78 is 17.5. The van der Waals surface area contributed by atoms with Gasteiger partial charge in [-0.2, -0.15) is 0 Å². The van der Waals surface area contributed by atoms with Crippen LogP contribution < -0.4 is 21.1 Å². The lowest BCUT2D eigenvalue weighted by atomic mass is 9.80. The Morgan fingerprint density at radius 3 is 2.24 bits per heavy atom. The number of rotatable bonds is 5. The maximum atomic E-state index is 6.09. The summed E-state index contributed by atoms with van der Waals surface area (Å²) in [5.41, 5.74) is 7.95. The molecule has 2 heterocycles. The SMILES string of the molecule is COc1ncc(B2OC(C)(C)C(C)(C)O2)cc1NNc1ccccc1. The third-order valence-corrected chi connectivity index (χ3v) is 4.71. The number of nitrogens with zero attached hydrogens (tertiary/aromatic N) is 1. The first kappa shape index (κ1) is 17.6. The number of benzene rings is 1. The highest BCUT2D eigenvalue weighted by Crippen LogP contribution is 2.36. The summed E-state index contributed by atoms with van der Waals surface area (Å²) in [4.78, 5) is 4.36. The maximum absolute atomic E-state index is 6.09. The lowest BCUT2D eigenvalue weighted by Crippen LogP contribution is -2.41. The Morgan fingerprint density at radius 1 is 1.00 bits per heavy atom. The van der Waals surface area contributed by atoms with Crippen LogP contribution in [0, 0.1) is 0 Å². The van der Waals surface area contributed by atoms with Crippen molar-refractivity contribution in [3.8, 4) is 5.88 Å². The van der Waals surface area contributed by atoms with E-state index in [1.807, 2.05) is 64.1 Å². The maximum Gasteiger partial charge on any atom is 0.496 e. The molecule has 0 spiro atoms. The van der Waals surface area contributed by atoms with Crippen molar-refractivity contribution in [2.24, 2.45) is 0 Å². The van der Waals surface area contributed by atoms with E-state index in [4.69, 9.17) is 14.0 Å². The molecule has 0 amide bonds. The second kappa shape index (κ2) is 6.57. The van der Waals surface area contributed by atoms with Gasteiger partial charge in [-0.15, -0.1) is 0 Å². The van der Waals surface area contributed by atoms with Crippen LogP contribution in [0.3, 0.4) is 0 Å². The average Bonchev–Trinajstić information content (AvgIpc) is 2.81. The van der Waals surface area contributed by atoms with Crippen LogP contribution in [0.5, 0.6) is 5.88 Å². The van der Waals surface area contributed by atoms with E-state index in [-0.39, 0.29) is 0 Å². The van der Waals surface area contributed by atoms with Crippen molar-refractivity contribution in [1.82, 2.24) is 4.98 Å². The van der Waals surface area contributed by atoms with Crippen molar-refractivity contribution in [3.63, 3.8) is 0 Å². The van der Waals surface area contributed by atoms with Crippen molar-refractivity contribution in [2.75, 3.05) is 18.0 Å². The first-order chi connectivity index (χ1) is 11.8. The molecule has 1 aromatic carbocycles. The molecule has 2 aromatic rings. The summed E-state index contributed by atoms with van der Waals surface area (Å²) in [7, 11) is 1.12. The fraction of sp³-hybridized carbons (Fsp3) is 0.389. The number of nitrogens with one attached hydrogen (secondary N) is 2. The Hall–Kier alpha value is -2.25. The zero-order valence-electron chi connectivity index (χ0n) is 15.3. The first-order valence-electron chi connectivity index (χ1n) is 8.29. The molecule has 1 aliphatic rings. The topological polar surface area (TPSA) is 64.6 Å². The summed E-state index contributed by atoms with van der Waals surface area (Å²) >= 11 is 0. The molecule has 1 aliphatic heterocycles. The van der Waals surface area contributed by atoms with E-state index in [2.05, 4.69) is 15.8 Å². The number of aromatic nitrogens is 1. The Morgan fingerprint density at radius 2 is 1.64 bits per heavy atom. The lowest BCUT2D eigenvalue weighted by Gasteiger charge is -2.32. The van der Waals surface area contributed by atoms with Crippen LogP contribution in [0.25, 0.3) is 0 Å². The van der Waals surface area contributed by atoms with Crippen LogP contribution in [0.15, 0.2) is 42.6 Å². The van der Waals surface area contributed by atoms with Crippen molar-refractivity contribution >= 4 is 24.0 Å². The van der Waals surface area contributed by atoms with Crippen LogP contribution in [-0.4, -0.2) is 30.4 Å². The van der Waals surface area contributed by atoms with Crippen LogP contribution in [-0.2, 0) is 9.31 Å². The fourth-order valence-electron chi connectivity index (χ4n) is 2.49. The number of para-hydroxylation sites is 1. The zero-order valence-corrected chi connectivity index (χ0v) is 15.3. The number of hydrogen-bond donors (Lipinski definition) is 2. The summed E-state index contributed by atoms with van der Waals surface area (Å²) in [6.45, 7) is 8.11. The molecule has 25 heavy (non-hydrogen) atoms. The highest BCUT2D eigenvalue weighted by Gasteiger charge is 2.51. The molecule has 0 atom stereocenters. The number of pyridine rings is 1. The molecule has 3 rings (SSSR count). The molecule has 0 radical (unpaired) electrons. The molecule has 2 N–H and O–H groups in total. The van der Waals surface area contributed by atoms with Crippen molar-refractivity contribution in [2.45, 2.75) is 38.9 Å². The highest BCUT2D eigenvalue weighted by molar-refractivity contribution is 6.62. The molecule has 0 aliphatic carbocycles. The fourth-order valence-corrected chi connectivity index (χ4v) is 2.49. The summed E-state index contributed by atoms with van der Waals surface area (Å²) in [6, 6.07) is 11.7. The standard InChI is InChI=1S/C18H24BN3O3/c1-17(2)18(3,4)25-19(24-17)13-11-15(16(23-5)20-12-13)22-21-14-9-7-6-8-10-14/h6-12,21-22H,1-5H3. The molecular formula is C18H24BN3O3. The number of hydrogen-bond acceptors (Lipinski definition) is 6. The van der Waals surface area contributed by atoms with Gasteiger partial charge in [0, 0.05) is 11.7 Å².